The van der Waals surface area contributed by atoms with Gasteiger partial charge in [0, 0.05) is 12.6 Å². The molecule has 1 atom stereocenters. The zero-order chi connectivity index (χ0) is 15.0. The Balaban J connectivity index is 2.99. The van der Waals surface area contributed by atoms with Crippen LogP contribution in [0.4, 0.5) is 0 Å². The molecule has 3 heteroatoms. The number of hydrogen-bond donors (Lipinski definition) is 1. The molecule has 3 nitrogen and oxygen atoms in total. The van der Waals surface area contributed by atoms with E-state index in [2.05, 4.69) is 38.2 Å². The first-order chi connectivity index (χ1) is 9.67. The molecule has 0 saturated carbocycles. The molecule has 0 aliphatic heterocycles. The number of hydrogen-bond acceptors (Lipinski definition) is 3. The second-order valence-electron chi connectivity index (χ2n) is 5.06. The van der Waals surface area contributed by atoms with Crippen LogP contribution in [0.15, 0.2) is 24.3 Å². The van der Waals surface area contributed by atoms with Gasteiger partial charge >= 0.3 is 0 Å². The highest BCUT2D eigenvalue weighted by molar-refractivity contribution is 5.34. The summed E-state index contributed by atoms with van der Waals surface area (Å²) in [5.74, 6) is 0.949. The van der Waals surface area contributed by atoms with Crippen molar-refractivity contribution >= 4 is 0 Å². The molecule has 114 valence electrons. The lowest BCUT2D eigenvalue weighted by atomic mass is 9.84. The van der Waals surface area contributed by atoms with E-state index >= 15 is 0 Å². The van der Waals surface area contributed by atoms with Crippen LogP contribution < -0.4 is 10.1 Å². The van der Waals surface area contributed by atoms with Gasteiger partial charge in [0.2, 0.25) is 0 Å². The van der Waals surface area contributed by atoms with Gasteiger partial charge in [-0.25, -0.2) is 0 Å². The Labute approximate surface area is 123 Å². The summed E-state index contributed by atoms with van der Waals surface area (Å²) >= 11 is 0. The van der Waals surface area contributed by atoms with Crippen molar-refractivity contribution in [3.63, 3.8) is 0 Å². The zero-order valence-corrected chi connectivity index (χ0v) is 13.5. The third kappa shape index (κ3) is 3.74. The number of para-hydroxylation sites is 1. The standard InChI is InChI=1S/C17H29NO2/c1-6-17(7-2,20-8-3)16(18-4)13-14-11-9-10-12-15(14)19-5/h9-12,16,18H,6-8,13H2,1-5H3. The molecule has 1 rings (SSSR count). The number of nitrogens with one attached hydrogen (secondary N) is 1. The lowest BCUT2D eigenvalue weighted by molar-refractivity contribution is -0.0704. The average Bonchev–Trinajstić information content (AvgIpc) is 2.51. The van der Waals surface area contributed by atoms with Gasteiger partial charge in [-0.05, 0) is 44.9 Å². The number of ether oxygens (including phenoxy) is 2. The lowest BCUT2D eigenvalue weighted by Gasteiger charge is -2.39. The van der Waals surface area contributed by atoms with Gasteiger partial charge in [0.25, 0.3) is 0 Å². The van der Waals surface area contributed by atoms with Crippen LogP contribution >= 0.6 is 0 Å². The van der Waals surface area contributed by atoms with E-state index in [9.17, 15) is 0 Å². The Kier molecular flexibility index (Phi) is 7.03. The second kappa shape index (κ2) is 8.28. The van der Waals surface area contributed by atoms with E-state index < -0.39 is 0 Å². The molecule has 0 aliphatic rings. The van der Waals surface area contributed by atoms with E-state index in [1.54, 1.807) is 7.11 Å². The summed E-state index contributed by atoms with van der Waals surface area (Å²) in [5, 5.41) is 3.45. The van der Waals surface area contributed by atoms with Gasteiger partial charge in [0.05, 0.1) is 12.7 Å². The maximum absolute atomic E-state index is 6.12. The highest BCUT2D eigenvalue weighted by atomic mass is 16.5. The van der Waals surface area contributed by atoms with Crippen LogP contribution in [0, 0.1) is 0 Å². The predicted octanol–water partition coefficient (Wildman–Crippen LogP) is 3.42. The van der Waals surface area contributed by atoms with Crippen molar-refractivity contribution in [1.29, 1.82) is 0 Å². The molecule has 0 fully saturated rings. The van der Waals surface area contributed by atoms with Gasteiger partial charge < -0.3 is 14.8 Å². The highest BCUT2D eigenvalue weighted by Gasteiger charge is 2.35. The molecule has 0 radical (unpaired) electrons. The van der Waals surface area contributed by atoms with Crippen molar-refractivity contribution in [2.24, 2.45) is 0 Å². The van der Waals surface area contributed by atoms with Gasteiger partial charge in [-0.15, -0.1) is 0 Å². The van der Waals surface area contributed by atoms with E-state index in [0.717, 1.165) is 31.6 Å². The predicted molar refractivity (Wildman–Crippen MR) is 84.5 cm³/mol. The summed E-state index contributed by atoms with van der Waals surface area (Å²) in [4.78, 5) is 0. The number of rotatable bonds is 9. The maximum Gasteiger partial charge on any atom is 0.122 e. The van der Waals surface area contributed by atoms with Gasteiger partial charge in [0.1, 0.15) is 5.75 Å². The van der Waals surface area contributed by atoms with Crippen LogP contribution in [0.5, 0.6) is 5.75 Å². The van der Waals surface area contributed by atoms with E-state index in [4.69, 9.17) is 9.47 Å². The van der Waals surface area contributed by atoms with Gasteiger partial charge in [0.15, 0.2) is 0 Å². The zero-order valence-electron chi connectivity index (χ0n) is 13.5. The third-order valence-electron chi connectivity index (χ3n) is 4.23. The largest absolute Gasteiger partial charge is 0.496 e. The van der Waals surface area contributed by atoms with E-state index in [1.807, 2.05) is 19.2 Å². The Morgan fingerprint density at radius 1 is 1.15 bits per heavy atom. The number of likely N-dealkylation sites (N-methyl/N-ethyl adjacent to an activating group) is 1. The van der Waals surface area contributed by atoms with E-state index in [1.165, 1.54) is 5.56 Å². The summed E-state index contributed by atoms with van der Waals surface area (Å²) in [5.41, 5.74) is 1.10. The monoisotopic (exact) mass is 279 g/mol. The number of methoxy groups -OCH3 is 1. The van der Waals surface area contributed by atoms with Crippen molar-refractivity contribution in [3.05, 3.63) is 29.8 Å². The summed E-state index contributed by atoms with van der Waals surface area (Å²) in [6.45, 7) is 7.21. The van der Waals surface area contributed by atoms with Crippen molar-refractivity contribution in [1.82, 2.24) is 5.32 Å². The third-order valence-corrected chi connectivity index (χ3v) is 4.23. The lowest BCUT2D eigenvalue weighted by Crippen LogP contribution is -2.52. The molecule has 0 spiro atoms. The van der Waals surface area contributed by atoms with Gasteiger partial charge in [-0.1, -0.05) is 32.0 Å². The Morgan fingerprint density at radius 2 is 1.80 bits per heavy atom. The quantitative estimate of drug-likeness (QED) is 0.751. The van der Waals surface area contributed by atoms with E-state index in [-0.39, 0.29) is 11.6 Å². The molecule has 1 aromatic rings. The topological polar surface area (TPSA) is 30.5 Å². The first-order valence-corrected chi connectivity index (χ1v) is 7.60. The Hall–Kier alpha value is -1.06. The molecule has 0 amide bonds. The first kappa shape index (κ1) is 17.0. The SMILES string of the molecule is CCOC(CC)(CC)C(Cc1ccccc1OC)NC. The minimum absolute atomic E-state index is 0.121. The maximum atomic E-state index is 6.12. The minimum atomic E-state index is -0.121. The summed E-state index contributed by atoms with van der Waals surface area (Å²) in [6.07, 6.45) is 2.90. The average molecular weight is 279 g/mol. The van der Waals surface area contributed by atoms with E-state index in [0.29, 0.717) is 0 Å². The van der Waals surface area contributed by atoms with Crippen molar-refractivity contribution in [2.45, 2.75) is 51.7 Å². The minimum Gasteiger partial charge on any atom is -0.496 e. The first-order valence-electron chi connectivity index (χ1n) is 7.60. The molecule has 0 aliphatic carbocycles. The number of benzene rings is 1. The van der Waals surface area contributed by atoms with Crippen molar-refractivity contribution < 1.29 is 9.47 Å². The van der Waals surface area contributed by atoms with Crippen LogP contribution in [-0.2, 0) is 11.2 Å². The molecule has 20 heavy (non-hydrogen) atoms. The molecule has 0 bridgehead atoms. The smallest absolute Gasteiger partial charge is 0.122 e. The Morgan fingerprint density at radius 3 is 2.30 bits per heavy atom. The van der Waals surface area contributed by atoms with Gasteiger partial charge in [-0.3, -0.25) is 0 Å². The van der Waals surface area contributed by atoms with Crippen LogP contribution in [0.1, 0.15) is 39.2 Å². The fourth-order valence-electron chi connectivity index (χ4n) is 2.98. The molecule has 0 saturated heterocycles. The van der Waals surface area contributed by atoms with Crippen LogP contribution in [0.2, 0.25) is 0 Å². The van der Waals surface area contributed by atoms with Crippen LogP contribution in [0.25, 0.3) is 0 Å². The second-order valence-corrected chi connectivity index (χ2v) is 5.06. The van der Waals surface area contributed by atoms with Crippen LogP contribution in [-0.4, -0.2) is 32.4 Å². The fourth-order valence-corrected chi connectivity index (χ4v) is 2.98. The van der Waals surface area contributed by atoms with Gasteiger partial charge in [-0.2, -0.15) is 0 Å². The molecule has 1 aromatic carbocycles. The van der Waals surface area contributed by atoms with Crippen molar-refractivity contribution in [2.75, 3.05) is 20.8 Å². The normalized spacial score (nSPS) is 13.2. The molecular weight excluding hydrogens is 250 g/mol. The highest BCUT2D eigenvalue weighted by Crippen LogP contribution is 2.29. The fraction of sp³-hybridized carbons (Fsp3) is 0.647. The molecule has 0 aromatic heterocycles. The summed E-state index contributed by atoms with van der Waals surface area (Å²) in [6, 6.07) is 8.48. The van der Waals surface area contributed by atoms with Crippen LogP contribution in [0.3, 0.4) is 0 Å². The molecule has 1 N–H and O–H groups in total. The van der Waals surface area contributed by atoms with Crippen molar-refractivity contribution in [3.8, 4) is 5.75 Å². The molecule has 0 heterocycles. The molecule has 1 unspecified atom stereocenters. The summed E-state index contributed by atoms with van der Waals surface area (Å²) in [7, 11) is 3.74. The Bertz CT molecular complexity index is 388. The summed E-state index contributed by atoms with van der Waals surface area (Å²) < 4.78 is 11.6. The molecular formula is C17H29NO2.